The predicted octanol–water partition coefficient (Wildman–Crippen LogP) is 3.70. The molecule has 42 heavy (non-hydrogen) atoms. The third-order valence-corrected chi connectivity index (χ3v) is 10.8. The zero-order valence-electron chi connectivity index (χ0n) is 23.3. The van der Waals surface area contributed by atoms with Crippen molar-refractivity contribution in [2.75, 3.05) is 17.2 Å². The van der Waals surface area contributed by atoms with Gasteiger partial charge in [-0.2, -0.15) is 9.19 Å². The standard InChI is InChI=1S/C30H35N7O4S/c38-23-5-1-19(2-6-23)15-32-26-14-29(33-16-21(26)4-3-20-13-24-7-10-27(20)41-24)35-28-11-12-31-30(36-28)22-17-34-37(18-22)42(39,40)25-8-9-25/h11-12,14,16-20,23-25,27,38H,1-2,5-10,13,15H2,(H2,31,32,33,35,36)/t19-,20?,23-,24?,27?. The number of pyridine rings is 1. The summed E-state index contributed by atoms with van der Waals surface area (Å²) in [6.07, 6.45) is 15.0. The highest BCUT2D eigenvalue weighted by atomic mass is 32.2. The van der Waals surface area contributed by atoms with Crippen LogP contribution in [0.4, 0.5) is 17.3 Å². The van der Waals surface area contributed by atoms with Gasteiger partial charge in [0.1, 0.15) is 11.6 Å². The van der Waals surface area contributed by atoms with E-state index < -0.39 is 10.0 Å². The van der Waals surface area contributed by atoms with Gasteiger partial charge in [0.2, 0.25) is 0 Å². The van der Waals surface area contributed by atoms with E-state index in [1.54, 1.807) is 18.5 Å². The molecule has 11 nitrogen and oxygen atoms in total. The number of aliphatic hydroxyl groups is 1. The van der Waals surface area contributed by atoms with E-state index in [0.29, 0.717) is 47.9 Å². The van der Waals surface area contributed by atoms with Crippen LogP contribution in [0.5, 0.6) is 0 Å². The maximum Gasteiger partial charge on any atom is 0.256 e. The molecule has 0 amide bonds. The van der Waals surface area contributed by atoms with Gasteiger partial charge in [-0.05, 0) is 69.8 Å². The highest BCUT2D eigenvalue weighted by molar-refractivity contribution is 7.90. The Morgan fingerprint density at radius 3 is 2.67 bits per heavy atom. The molecule has 5 heterocycles. The highest BCUT2D eigenvalue weighted by Gasteiger charge is 2.40. The van der Waals surface area contributed by atoms with E-state index in [4.69, 9.17) is 4.74 Å². The summed E-state index contributed by atoms with van der Waals surface area (Å²) in [6.45, 7) is 0.799. The number of hydrogen-bond donors (Lipinski definition) is 3. The molecule has 3 aromatic heterocycles. The molecule has 220 valence electrons. The van der Waals surface area contributed by atoms with E-state index in [-0.39, 0.29) is 23.4 Å². The summed E-state index contributed by atoms with van der Waals surface area (Å²) in [5, 5.41) is 20.5. The van der Waals surface area contributed by atoms with Gasteiger partial charge in [0.25, 0.3) is 10.0 Å². The van der Waals surface area contributed by atoms with Crippen LogP contribution in [0.15, 0.2) is 36.9 Å². The smallest absolute Gasteiger partial charge is 0.256 e. The molecule has 3 unspecified atom stereocenters. The van der Waals surface area contributed by atoms with Crippen molar-refractivity contribution in [2.24, 2.45) is 11.8 Å². The predicted molar refractivity (Wildman–Crippen MR) is 157 cm³/mol. The molecule has 2 saturated carbocycles. The van der Waals surface area contributed by atoms with Crippen LogP contribution in [0.2, 0.25) is 0 Å². The van der Waals surface area contributed by atoms with Crippen LogP contribution in [0.1, 0.15) is 63.4 Å². The average Bonchev–Trinajstić information content (AvgIpc) is 3.39. The average molecular weight is 590 g/mol. The molecule has 2 aliphatic heterocycles. The normalized spacial score (nSPS) is 26.9. The Balaban J connectivity index is 1.10. The first-order valence-corrected chi connectivity index (χ1v) is 16.4. The maximum absolute atomic E-state index is 12.5. The van der Waals surface area contributed by atoms with Crippen LogP contribution in [0.25, 0.3) is 11.4 Å². The maximum atomic E-state index is 12.5. The number of fused-ring (bicyclic) bond motifs is 2. The Bertz CT molecular complexity index is 1620. The lowest BCUT2D eigenvalue weighted by molar-refractivity contribution is 0.0987. The first kappa shape index (κ1) is 27.3. The Morgan fingerprint density at radius 2 is 1.90 bits per heavy atom. The van der Waals surface area contributed by atoms with Crippen LogP contribution in [0, 0.1) is 23.7 Å². The van der Waals surface area contributed by atoms with Crippen molar-refractivity contribution >= 4 is 27.3 Å². The molecule has 2 bridgehead atoms. The van der Waals surface area contributed by atoms with E-state index in [0.717, 1.165) is 66.8 Å². The van der Waals surface area contributed by atoms with Gasteiger partial charge in [-0.3, -0.25) is 0 Å². The summed E-state index contributed by atoms with van der Waals surface area (Å²) in [6, 6.07) is 3.68. The molecule has 4 aliphatic rings. The zero-order chi connectivity index (χ0) is 28.7. The summed E-state index contributed by atoms with van der Waals surface area (Å²) < 4.78 is 32.1. The van der Waals surface area contributed by atoms with E-state index in [1.807, 2.05) is 6.07 Å². The first-order valence-electron chi connectivity index (χ1n) is 14.9. The fourth-order valence-electron chi connectivity index (χ4n) is 6.11. The molecule has 0 radical (unpaired) electrons. The van der Waals surface area contributed by atoms with Crippen LogP contribution in [0.3, 0.4) is 0 Å². The Kier molecular flexibility index (Phi) is 7.34. The largest absolute Gasteiger partial charge is 0.393 e. The lowest BCUT2D eigenvalue weighted by Crippen LogP contribution is -2.23. The minimum absolute atomic E-state index is 0.182. The second kappa shape index (κ2) is 11.3. The summed E-state index contributed by atoms with van der Waals surface area (Å²) in [4.78, 5) is 13.5. The quantitative estimate of drug-likeness (QED) is 0.333. The number of aliphatic hydroxyl groups excluding tert-OH is 1. The molecular formula is C30H35N7O4S. The monoisotopic (exact) mass is 589 g/mol. The van der Waals surface area contributed by atoms with Crippen LogP contribution in [-0.4, -0.2) is 67.8 Å². The molecule has 7 rings (SSSR count). The second-order valence-electron chi connectivity index (χ2n) is 11.9. The van der Waals surface area contributed by atoms with Crippen molar-refractivity contribution in [3.63, 3.8) is 0 Å². The molecule has 3 atom stereocenters. The summed E-state index contributed by atoms with van der Waals surface area (Å²) >= 11 is 0. The van der Waals surface area contributed by atoms with Crippen molar-refractivity contribution in [1.82, 2.24) is 24.1 Å². The van der Waals surface area contributed by atoms with E-state index in [2.05, 4.69) is 42.5 Å². The molecule has 3 aromatic rings. The number of anilines is 3. The van der Waals surface area contributed by atoms with Crippen molar-refractivity contribution < 1.29 is 18.3 Å². The molecule has 0 spiro atoms. The second-order valence-corrected chi connectivity index (χ2v) is 14.0. The minimum Gasteiger partial charge on any atom is -0.393 e. The SMILES string of the molecule is O=S(=O)(C1CC1)n1cc(-c2nccc(Nc3cc(NC[C@H]4CC[C@H](O)CC4)c(C#CC4CC5CCC4O5)cn3)n2)cn1. The third-order valence-electron chi connectivity index (χ3n) is 8.74. The van der Waals surface area contributed by atoms with Gasteiger partial charge in [-0.1, -0.05) is 11.8 Å². The van der Waals surface area contributed by atoms with Gasteiger partial charge in [0.05, 0.1) is 52.8 Å². The van der Waals surface area contributed by atoms with Crippen molar-refractivity contribution in [3.05, 3.63) is 42.5 Å². The topological polar surface area (TPSA) is 144 Å². The molecule has 3 N–H and O–H groups in total. The third kappa shape index (κ3) is 5.86. The summed E-state index contributed by atoms with van der Waals surface area (Å²) in [5.41, 5.74) is 2.26. The zero-order valence-corrected chi connectivity index (χ0v) is 24.1. The fraction of sp³-hybridized carbons (Fsp3) is 0.533. The molecule has 12 heteroatoms. The minimum atomic E-state index is -3.46. The number of nitrogens with one attached hydrogen (secondary N) is 2. The highest BCUT2D eigenvalue weighted by Crippen LogP contribution is 2.38. The van der Waals surface area contributed by atoms with E-state index in [1.165, 1.54) is 12.4 Å². The van der Waals surface area contributed by atoms with Crippen LogP contribution in [-0.2, 0) is 14.8 Å². The lowest BCUT2D eigenvalue weighted by Gasteiger charge is -2.26. The van der Waals surface area contributed by atoms with Gasteiger partial charge < -0.3 is 20.5 Å². The van der Waals surface area contributed by atoms with Crippen molar-refractivity contribution in [2.45, 2.75) is 81.3 Å². The van der Waals surface area contributed by atoms with Gasteiger partial charge in [-0.15, -0.1) is 0 Å². The number of nitrogens with zero attached hydrogens (tertiary/aromatic N) is 5. The molecule has 2 aliphatic carbocycles. The van der Waals surface area contributed by atoms with E-state index >= 15 is 0 Å². The molecule has 4 fully saturated rings. The Labute approximate surface area is 245 Å². The molecule has 2 saturated heterocycles. The first-order chi connectivity index (χ1) is 20.4. The number of ether oxygens (including phenoxy) is 1. The molecule has 0 aromatic carbocycles. The van der Waals surface area contributed by atoms with Crippen molar-refractivity contribution in [3.8, 4) is 23.2 Å². The van der Waals surface area contributed by atoms with Gasteiger partial charge in [0.15, 0.2) is 5.82 Å². The van der Waals surface area contributed by atoms with Gasteiger partial charge in [-0.25, -0.2) is 23.4 Å². The summed E-state index contributed by atoms with van der Waals surface area (Å²) in [7, 11) is -3.46. The fourth-order valence-corrected chi connectivity index (χ4v) is 7.59. The number of hydrogen-bond acceptors (Lipinski definition) is 10. The van der Waals surface area contributed by atoms with Crippen LogP contribution < -0.4 is 10.6 Å². The Morgan fingerprint density at radius 1 is 1.05 bits per heavy atom. The van der Waals surface area contributed by atoms with Gasteiger partial charge >= 0.3 is 0 Å². The van der Waals surface area contributed by atoms with Crippen molar-refractivity contribution in [1.29, 1.82) is 0 Å². The molecular weight excluding hydrogens is 554 g/mol. The number of rotatable bonds is 8. The number of aromatic nitrogens is 5. The summed E-state index contributed by atoms with van der Waals surface area (Å²) in [5.74, 6) is 9.07. The lowest BCUT2D eigenvalue weighted by atomic mass is 9.87. The van der Waals surface area contributed by atoms with Gasteiger partial charge in [0, 0.05) is 30.9 Å². The van der Waals surface area contributed by atoms with Crippen LogP contribution >= 0.6 is 0 Å². The Hall–Kier alpha value is -3.53. The van der Waals surface area contributed by atoms with E-state index in [9.17, 15) is 13.5 Å².